The monoisotopic (exact) mass is 582 g/mol. The van der Waals surface area contributed by atoms with Crippen molar-refractivity contribution < 1.29 is 14.3 Å². The van der Waals surface area contributed by atoms with Crippen LogP contribution in [0.15, 0.2) is 84.4 Å². The van der Waals surface area contributed by atoms with E-state index >= 15 is 0 Å². The van der Waals surface area contributed by atoms with E-state index in [0.717, 1.165) is 29.0 Å². The highest BCUT2D eigenvalue weighted by Crippen LogP contribution is 2.38. The minimum atomic E-state index is -0.158. The van der Waals surface area contributed by atoms with Gasteiger partial charge in [-0.25, -0.2) is 0 Å². The van der Waals surface area contributed by atoms with Crippen molar-refractivity contribution in [1.29, 1.82) is 0 Å². The number of amides is 1. The smallest absolute Gasteiger partial charge is 0.255 e. The first-order valence-corrected chi connectivity index (χ1v) is 14.3. The number of allylic oxidation sites excluding steroid dienone is 4. The number of carbonyl (C=O) groups is 1. The Morgan fingerprint density at radius 1 is 1.02 bits per heavy atom. The quantitative estimate of drug-likeness (QED) is 0.251. The summed E-state index contributed by atoms with van der Waals surface area (Å²) < 4.78 is 10.9. The predicted octanol–water partition coefficient (Wildman–Crippen LogP) is 8.55. The van der Waals surface area contributed by atoms with E-state index in [9.17, 15) is 4.79 Å². The van der Waals surface area contributed by atoms with Crippen molar-refractivity contribution in [1.82, 2.24) is 9.80 Å². The summed E-state index contributed by atoms with van der Waals surface area (Å²) in [5.41, 5.74) is 4.41. The molecule has 1 amide bonds. The molecule has 40 heavy (non-hydrogen) atoms. The van der Waals surface area contributed by atoms with Crippen LogP contribution in [0.25, 0.3) is 0 Å². The van der Waals surface area contributed by atoms with Gasteiger partial charge in [0.1, 0.15) is 0 Å². The van der Waals surface area contributed by atoms with Crippen LogP contribution in [0.5, 0.6) is 11.5 Å². The summed E-state index contributed by atoms with van der Waals surface area (Å²) in [6.45, 7) is 13.9. The average molecular weight is 584 g/mol. The Morgan fingerprint density at radius 3 is 2.35 bits per heavy atom. The van der Waals surface area contributed by atoms with Crippen molar-refractivity contribution in [2.45, 2.75) is 40.5 Å². The Labute approximate surface area is 249 Å². The first-order chi connectivity index (χ1) is 19.1. The van der Waals surface area contributed by atoms with Crippen molar-refractivity contribution in [3.8, 4) is 11.5 Å². The molecule has 0 saturated heterocycles. The van der Waals surface area contributed by atoms with Gasteiger partial charge in [0.25, 0.3) is 5.91 Å². The number of rotatable bonds is 12. The van der Waals surface area contributed by atoms with Gasteiger partial charge in [0, 0.05) is 42.1 Å². The van der Waals surface area contributed by atoms with Crippen LogP contribution in [-0.4, -0.2) is 43.0 Å². The van der Waals surface area contributed by atoms with Gasteiger partial charge in [-0.2, -0.15) is 0 Å². The van der Waals surface area contributed by atoms with Crippen LogP contribution in [0.2, 0.25) is 10.0 Å². The van der Waals surface area contributed by atoms with E-state index in [1.807, 2.05) is 53.6 Å². The Balaban J connectivity index is 2.14. The number of ether oxygens (including phenoxy) is 2. The van der Waals surface area contributed by atoms with E-state index in [4.69, 9.17) is 32.7 Å². The van der Waals surface area contributed by atoms with Crippen LogP contribution in [-0.2, 0) is 6.42 Å². The van der Waals surface area contributed by atoms with Crippen LogP contribution < -0.4 is 9.47 Å². The predicted molar refractivity (Wildman–Crippen MR) is 166 cm³/mol. The van der Waals surface area contributed by atoms with Crippen LogP contribution in [0, 0.1) is 11.8 Å². The Kier molecular flexibility index (Phi) is 11.4. The maximum absolute atomic E-state index is 14.1. The summed E-state index contributed by atoms with van der Waals surface area (Å²) in [4.78, 5) is 18.1. The lowest BCUT2D eigenvalue weighted by molar-refractivity contribution is 0.0759. The fraction of sp³-hybridized carbons (Fsp3) is 0.364. The van der Waals surface area contributed by atoms with Crippen LogP contribution in [0.4, 0.5) is 0 Å². The number of benzene rings is 2. The first-order valence-electron chi connectivity index (χ1n) is 13.6. The zero-order valence-electron chi connectivity index (χ0n) is 24.3. The van der Waals surface area contributed by atoms with Crippen LogP contribution >= 0.6 is 23.2 Å². The number of hydrogen-bond acceptors (Lipinski definition) is 4. The van der Waals surface area contributed by atoms with Crippen molar-refractivity contribution in [2.75, 3.05) is 27.3 Å². The van der Waals surface area contributed by atoms with Crippen LogP contribution in [0.3, 0.4) is 0 Å². The number of nitrogens with zero attached hydrogens (tertiary/aromatic N) is 2. The maximum Gasteiger partial charge on any atom is 0.255 e. The summed E-state index contributed by atoms with van der Waals surface area (Å²) in [7, 11) is 3.06. The van der Waals surface area contributed by atoms with Gasteiger partial charge in [0.2, 0.25) is 0 Å². The summed E-state index contributed by atoms with van der Waals surface area (Å²) in [6, 6.07) is 11.3. The molecule has 0 aromatic heterocycles. The molecule has 0 spiro atoms. The van der Waals surface area contributed by atoms with E-state index in [-0.39, 0.29) is 16.8 Å². The summed E-state index contributed by atoms with van der Waals surface area (Å²) in [6.07, 6.45) is 9.40. The van der Waals surface area contributed by atoms with E-state index in [1.54, 1.807) is 19.2 Å². The van der Waals surface area contributed by atoms with E-state index in [0.29, 0.717) is 47.5 Å². The van der Waals surface area contributed by atoms with Gasteiger partial charge in [0.15, 0.2) is 11.5 Å². The zero-order valence-corrected chi connectivity index (χ0v) is 25.9. The number of hydrogen-bond donors (Lipinski definition) is 0. The standard InChI is InChI=1S/C33H40Cl2N2O3/c1-22(2)17-19-36(33(38)26-15-16-30(39-6)32(40-7)31(26)35)21-27(23(3)4)29(37-18-11-10-12-24(37)5)20-25-13-8-9-14-28(25)34/h8-16,18,22-23H,5,17,19-21H2,1-4,6-7H3/b29-27-. The topological polar surface area (TPSA) is 42.0 Å². The van der Waals surface area contributed by atoms with Gasteiger partial charge in [-0.15, -0.1) is 0 Å². The molecule has 2 aromatic rings. The Hall–Kier alpha value is -3.15. The molecule has 5 nitrogen and oxygen atoms in total. The third-order valence-electron chi connectivity index (χ3n) is 6.96. The molecule has 2 aromatic carbocycles. The molecule has 214 valence electrons. The highest BCUT2D eigenvalue weighted by Gasteiger charge is 2.27. The summed E-state index contributed by atoms with van der Waals surface area (Å²) in [5, 5.41) is 0.945. The number of methoxy groups -OCH3 is 2. The second-order valence-corrected chi connectivity index (χ2v) is 11.3. The molecule has 0 saturated carbocycles. The van der Waals surface area contributed by atoms with Gasteiger partial charge < -0.3 is 19.3 Å². The molecule has 0 aliphatic carbocycles. The summed E-state index contributed by atoms with van der Waals surface area (Å²) >= 11 is 13.3. The summed E-state index contributed by atoms with van der Waals surface area (Å²) in [5.74, 6) is 1.22. The fourth-order valence-electron chi connectivity index (χ4n) is 4.62. The molecule has 0 N–H and O–H groups in total. The molecule has 3 rings (SSSR count). The van der Waals surface area contributed by atoms with Crippen LogP contribution in [0.1, 0.15) is 50.0 Å². The molecule has 7 heteroatoms. The fourth-order valence-corrected chi connectivity index (χ4v) is 5.14. The molecular weight excluding hydrogens is 543 g/mol. The molecule has 1 aliphatic rings. The lowest BCUT2D eigenvalue weighted by Gasteiger charge is -2.33. The third kappa shape index (κ3) is 7.52. The van der Waals surface area contributed by atoms with Crippen molar-refractivity contribution >= 4 is 29.1 Å². The Morgan fingerprint density at radius 2 is 1.75 bits per heavy atom. The normalized spacial score (nSPS) is 13.7. The highest BCUT2D eigenvalue weighted by atomic mass is 35.5. The largest absolute Gasteiger partial charge is 0.493 e. The molecule has 0 atom stereocenters. The van der Waals surface area contributed by atoms with Gasteiger partial charge in [-0.05, 0) is 59.7 Å². The molecule has 0 radical (unpaired) electrons. The van der Waals surface area contributed by atoms with Gasteiger partial charge in [0.05, 0.1) is 24.8 Å². The lowest BCUT2D eigenvalue weighted by atomic mass is 9.94. The van der Waals surface area contributed by atoms with E-state index in [1.165, 1.54) is 7.11 Å². The maximum atomic E-state index is 14.1. The van der Waals surface area contributed by atoms with Gasteiger partial charge in [-0.1, -0.05) is 81.8 Å². The SMILES string of the molecule is C=C1C=CC=CN1/C(Cc1ccccc1Cl)=C(/CN(CCC(C)C)C(=O)c1ccc(OC)c(OC)c1Cl)C(C)C. The van der Waals surface area contributed by atoms with E-state index in [2.05, 4.69) is 39.2 Å². The van der Waals surface area contributed by atoms with Crippen molar-refractivity contribution in [3.05, 3.63) is 106 Å². The molecule has 0 bridgehead atoms. The molecule has 0 fully saturated rings. The second-order valence-electron chi connectivity index (χ2n) is 10.5. The molecule has 0 unspecified atom stereocenters. The molecule has 1 aliphatic heterocycles. The molecular formula is C33H40Cl2N2O3. The van der Waals surface area contributed by atoms with Crippen molar-refractivity contribution in [2.24, 2.45) is 11.8 Å². The number of halogens is 2. The first kappa shape index (κ1) is 31.4. The number of carbonyl (C=O) groups excluding carboxylic acids is 1. The van der Waals surface area contributed by atoms with Gasteiger partial charge >= 0.3 is 0 Å². The lowest BCUT2D eigenvalue weighted by Crippen LogP contribution is -2.37. The zero-order chi connectivity index (χ0) is 29.4. The second kappa shape index (κ2) is 14.5. The van der Waals surface area contributed by atoms with Gasteiger partial charge in [-0.3, -0.25) is 4.79 Å². The minimum absolute atomic E-state index is 0.139. The average Bonchev–Trinajstić information content (AvgIpc) is 2.92. The molecule has 1 heterocycles. The minimum Gasteiger partial charge on any atom is -0.493 e. The Bertz CT molecular complexity index is 1310. The van der Waals surface area contributed by atoms with Crippen molar-refractivity contribution in [3.63, 3.8) is 0 Å². The highest BCUT2D eigenvalue weighted by molar-refractivity contribution is 6.35. The third-order valence-corrected chi connectivity index (χ3v) is 7.70. The van der Waals surface area contributed by atoms with E-state index < -0.39 is 0 Å².